The van der Waals surface area contributed by atoms with Gasteiger partial charge >= 0.3 is 0 Å². The Morgan fingerprint density at radius 3 is 2.89 bits per heavy atom. The van der Waals surface area contributed by atoms with Crippen molar-refractivity contribution in [2.45, 2.75) is 30.7 Å². The minimum atomic E-state index is -3.35. The fourth-order valence-electron chi connectivity index (χ4n) is 2.38. The summed E-state index contributed by atoms with van der Waals surface area (Å²) in [5, 5.41) is 3.07. The van der Waals surface area contributed by atoms with Crippen LogP contribution >= 0.6 is 27.3 Å². The van der Waals surface area contributed by atoms with Crippen molar-refractivity contribution in [3.63, 3.8) is 0 Å². The average molecular weight is 353 g/mol. The van der Waals surface area contributed by atoms with Crippen molar-refractivity contribution in [1.29, 1.82) is 0 Å². The highest BCUT2D eigenvalue weighted by Gasteiger charge is 2.36. The smallest absolute Gasteiger partial charge is 0.244 e. The van der Waals surface area contributed by atoms with E-state index in [0.717, 1.165) is 21.5 Å². The molecule has 18 heavy (non-hydrogen) atoms. The van der Waals surface area contributed by atoms with Crippen molar-refractivity contribution in [2.75, 3.05) is 20.1 Å². The first-order valence-corrected chi connectivity index (χ1v) is 8.94. The summed E-state index contributed by atoms with van der Waals surface area (Å²) in [4.78, 5) is 1.29. The van der Waals surface area contributed by atoms with Crippen molar-refractivity contribution in [1.82, 2.24) is 9.62 Å². The number of nitrogens with zero attached hydrogens (tertiary/aromatic N) is 1. The van der Waals surface area contributed by atoms with Crippen LogP contribution in [0.3, 0.4) is 0 Å². The number of nitrogens with one attached hydrogen (secondary N) is 1. The quantitative estimate of drug-likeness (QED) is 0.903. The molecule has 102 valence electrons. The van der Waals surface area contributed by atoms with E-state index in [1.54, 1.807) is 10.4 Å². The Bertz CT molecular complexity index is 527. The zero-order chi connectivity index (χ0) is 13.3. The van der Waals surface area contributed by atoms with Gasteiger partial charge in [-0.3, -0.25) is 0 Å². The molecule has 0 spiro atoms. The van der Waals surface area contributed by atoms with E-state index in [1.807, 2.05) is 14.0 Å². The molecule has 1 saturated heterocycles. The van der Waals surface area contributed by atoms with Gasteiger partial charge in [0.1, 0.15) is 0 Å². The summed E-state index contributed by atoms with van der Waals surface area (Å²) in [7, 11) is -1.49. The Labute approximate surface area is 121 Å². The molecule has 0 saturated carbocycles. The highest BCUT2D eigenvalue weighted by molar-refractivity contribution is 9.11. The maximum atomic E-state index is 12.6. The standard InChI is InChI=1S/C11H17BrN2O2S2/c1-8-10(6-11(12)17-8)18(15,16)14-5-3-4-9(14)7-13-2/h6,9,13H,3-5,7H2,1-2H3. The van der Waals surface area contributed by atoms with Gasteiger partial charge in [0.25, 0.3) is 0 Å². The molecule has 1 N–H and O–H groups in total. The lowest BCUT2D eigenvalue weighted by Gasteiger charge is -2.23. The number of aryl methyl sites for hydroxylation is 1. The van der Waals surface area contributed by atoms with E-state index in [0.29, 0.717) is 18.0 Å². The zero-order valence-electron chi connectivity index (χ0n) is 10.4. The largest absolute Gasteiger partial charge is 0.318 e. The van der Waals surface area contributed by atoms with Gasteiger partial charge in [-0.25, -0.2) is 8.42 Å². The Morgan fingerprint density at radius 1 is 1.61 bits per heavy atom. The van der Waals surface area contributed by atoms with Gasteiger partial charge in [0.2, 0.25) is 10.0 Å². The second-order valence-corrected chi connectivity index (χ2v) is 8.93. The predicted octanol–water partition coefficient (Wildman–Crippen LogP) is 2.19. The van der Waals surface area contributed by atoms with Gasteiger partial charge in [-0.2, -0.15) is 4.31 Å². The molecule has 1 aliphatic heterocycles. The van der Waals surface area contributed by atoms with E-state index in [-0.39, 0.29) is 6.04 Å². The molecule has 2 heterocycles. The molecule has 0 aliphatic carbocycles. The van der Waals surface area contributed by atoms with E-state index in [4.69, 9.17) is 0 Å². The minimum Gasteiger partial charge on any atom is -0.318 e. The van der Waals surface area contributed by atoms with Gasteiger partial charge in [-0.15, -0.1) is 11.3 Å². The van der Waals surface area contributed by atoms with Crippen LogP contribution in [0.1, 0.15) is 17.7 Å². The maximum absolute atomic E-state index is 12.6. The Kier molecular flexibility index (Phi) is 4.48. The molecule has 2 rings (SSSR count). The normalized spacial score (nSPS) is 21.6. The number of likely N-dealkylation sites (N-methyl/N-ethyl adjacent to an activating group) is 1. The summed E-state index contributed by atoms with van der Waals surface area (Å²) in [5.41, 5.74) is 0. The second-order valence-electron chi connectivity index (χ2n) is 4.44. The first-order chi connectivity index (χ1) is 8.46. The van der Waals surface area contributed by atoms with Gasteiger partial charge in [0.15, 0.2) is 0 Å². The van der Waals surface area contributed by atoms with Crippen LogP contribution in [-0.2, 0) is 10.0 Å². The third-order valence-corrected chi connectivity index (χ3v) is 6.95. The fourth-order valence-corrected chi connectivity index (χ4v) is 6.46. The van der Waals surface area contributed by atoms with Gasteiger partial charge < -0.3 is 5.32 Å². The molecular weight excluding hydrogens is 336 g/mol. The second kappa shape index (κ2) is 5.58. The lowest BCUT2D eigenvalue weighted by Crippen LogP contribution is -2.40. The molecule has 1 aromatic heterocycles. The summed E-state index contributed by atoms with van der Waals surface area (Å²) in [6.45, 7) is 3.19. The number of halogens is 1. The lowest BCUT2D eigenvalue weighted by molar-refractivity contribution is 0.379. The van der Waals surface area contributed by atoms with E-state index in [1.165, 1.54) is 11.3 Å². The topological polar surface area (TPSA) is 49.4 Å². The summed E-state index contributed by atoms with van der Waals surface area (Å²) in [6, 6.07) is 1.79. The van der Waals surface area contributed by atoms with Gasteiger partial charge in [0, 0.05) is 24.0 Å². The molecule has 0 amide bonds. The Balaban J connectivity index is 2.33. The highest BCUT2D eigenvalue weighted by atomic mass is 79.9. The summed E-state index contributed by atoms with van der Waals surface area (Å²) in [6.07, 6.45) is 1.88. The van der Waals surface area contributed by atoms with Crippen molar-refractivity contribution in [3.05, 3.63) is 14.7 Å². The van der Waals surface area contributed by atoms with Gasteiger partial charge in [-0.1, -0.05) is 0 Å². The summed E-state index contributed by atoms with van der Waals surface area (Å²) in [5.74, 6) is 0. The molecule has 0 radical (unpaired) electrons. The van der Waals surface area contributed by atoms with Crippen LogP contribution in [0.5, 0.6) is 0 Å². The van der Waals surface area contributed by atoms with E-state index < -0.39 is 10.0 Å². The van der Waals surface area contributed by atoms with Gasteiger partial charge in [-0.05, 0) is 48.8 Å². The molecule has 1 unspecified atom stereocenters. The Morgan fingerprint density at radius 2 is 2.33 bits per heavy atom. The monoisotopic (exact) mass is 352 g/mol. The zero-order valence-corrected chi connectivity index (χ0v) is 13.7. The van der Waals surface area contributed by atoms with Crippen LogP contribution in [-0.4, -0.2) is 38.9 Å². The molecule has 7 heteroatoms. The van der Waals surface area contributed by atoms with Crippen molar-refractivity contribution in [3.8, 4) is 0 Å². The van der Waals surface area contributed by atoms with Crippen molar-refractivity contribution < 1.29 is 8.42 Å². The van der Waals surface area contributed by atoms with Crippen LogP contribution in [0, 0.1) is 6.92 Å². The van der Waals surface area contributed by atoms with Crippen molar-refractivity contribution >= 4 is 37.3 Å². The third-order valence-electron chi connectivity index (χ3n) is 3.19. The summed E-state index contributed by atoms with van der Waals surface area (Å²) >= 11 is 4.82. The maximum Gasteiger partial charge on any atom is 0.244 e. The molecule has 0 aromatic carbocycles. The fraction of sp³-hybridized carbons (Fsp3) is 0.636. The number of thiophene rings is 1. The van der Waals surface area contributed by atoms with Crippen LogP contribution in [0.25, 0.3) is 0 Å². The van der Waals surface area contributed by atoms with Gasteiger partial charge in [0.05, 0.1) is 8.68 Å². The number of sulfonamides is 1. The van der Waals surface area contributed by atoms with E-state index >= 15 is 0 Å². The first kappa shape index (κ1) is 14.5. The van der Waals surface area contributed by atoms with Crippen LogP contribution < -0.4 is 5.32 Å². The molecule has 1 fully saturated rings. The molecule has 1 aromatic rings. The molecule has 1 atom stereocenters. The predicted molar refractivity (Wildman–Crippen MR) is 77.6 cm³/mol. The molecule has 1 aliphatic rings. The molecule has 4 nitrogen and oxygen atoms in total. The highest BCUT2D eigenvalue weighted by Crippen LogP contribution is 2.34. The Hall–Kier alpha value is 0.0500. The van der Waals surface area contributed by atoms with Crippen LogP contribution in [0.4, 0.5) is 0 Å². The molecule has 0 bridgehead atoms. The number of hydrogen-bond acceptors (Lipinski definition) is 4. The van der Waals surface area contributed by atoms with Crippen molar-refractivity contribution in [2.24, 2.45) is 0 Å². The van der Waals surface area contributed by atoms with Crippen LogP contribution in [0.15, 0.2) is 14.7 Å². The molecular formula is C11H17BrN2O2S2. The third kappa shape index (κ3) is 2.65. The van der Waals surface area contributed by atoms with E-state index in [9.17, 15) is 8.42 Å². The lowest BCUT2D eigenvalue weighted by atomic mass is 10.2. The SMILES string of the molecule is CNCC1CCCN1S(=O)(=O)c1cc(Br)sc1C. The minimum absolute atomic E-state index is 0.0816. The average Bonchev–Trinajstić information content (AvgIpc) is 2.86. The summed E-state index contributed by atoms with van der Waals surface area (Å²) < 4.78 is 27.8. The number of rotatable bonds is 4. The van der Waals surface area contributed by atoms with Crippen LogP contribution in [0.2, 0.25) is 0 Å². The first-order valence-electron chi connectivity index (χ1n) is 5.89. The van der Waals surface area contributed by atoms with E-state index in [2.05, 4.69) is 21.2 Å². The number of hydrogen-bond donors (Lipinski definition) is 1.